The van der Waals surface area contributed by atoms with Gasteiger partial charge in [-0.3, -0.25) is 15.0 Å². The van der Waals surface area contributed by atoms with E-state index in [0.717, 1.165) is 33.8 Å². The molecule has 6 aromatic rings. The van der Waals surface area contributed by atoms with E-state index in [1.54, 1.807) is 0 Å². The maximum absolute atomic E-state index is 4.25. The molecular weight excluding hydrogens is 625 g/mol. The first-order valence-electron chi connectivity index (χ1n) is 11.8. The zero-order valence-electron chi connectivity index (χ0n) is 20.3. The summed E-state index contributed by atoms with van der Waals surface area (Å²) in [7, 11) is 0. The Bertz CT molecular complexity index is 1090. The summed E-state index contributed by atoms with van der Waals surface area (Å²) in [6.45, 7) is 0. The first-order valence-corrected chi connectivity index (χ1v) is 11.8. The van der Waals surface area contributed by atoms with Gasteiger partial charge in [-0.15, -0.1) is 0 Å². The third kappa shape index (κ3) is 9.05. The van der Waals surface area contributed by atoms with Gasteiger partial charge in [0.15, 0.2) is 0 Å². The SMILES string of the molecule is [Re].c1ccc(-c2ccccn2)cc1.c1ccc(-c2ccccn2)cc1.c1ccc(-c2ccccn2)cc1. The third-order valence-corrected chi connectivity index (χ3v) is 5.20. The Hall–Kier alpha value is -4.23. The molecule has 0 amide bonds. The van der Waals surface area contributed by atoms with Crippen LogP contribution in [-0.2, 0) is 20.4 Å². The summed E-state index contributed by atoms with van der Waals surface area (Å²) >= 11 is 0. The maximum atomic E-state index is 4.25. The Labute approximate surface area is 232 Å². The topological polar surface area (TPSA) is 38.7 Å². The summed E-state index contributed by atoms with van der Waals surface area (Å²) in [5.74, 6) is 0. The average Bonchev–Trinajstić information content (AvgIpc) is 3.01. The van der Waals surface area contributed by atoms with Gasteiger partial charge in [-0.2, -0.15) is 0 Å². The quantitative estimate of drug-likeness (QED) is 0.194. The maximum Gasteiger partial charge on any atom is 0.0701 e. The van der Waals surface area contributed by atoms with Gasteiger partial charge in [0.1, 0.15) is 0 Å². The molecule has 1 radical (unpaired) electrons. The molecule has 37 heavy (non-hydrogen) atoms. The molecule has 6 rings (SSSR count). The molecule has 0 aliphatic carbocycles. The van der Waals surface area contributed by atoms with Crippen molar-refractivity contribution in [2.24, 2.45) is 0 Å². The number of pyridine rings is 3. The summed E-state index contributed by atoms with van der Waals surface area (Å²) in [5, 5.41) is 0. The first kappa shape index (κ1) is 27.4. The van der Waals surface area contributed by atoms with Gasteiger partial charge in [-0.25, -0.2) is 0 Å². The Morgan fingerprint density at radius 1 is 0.270 bits per heavy atom. The standard InChI is InChI=1S/3C11H9N.Re/c3*1-2-6-10(7-3-1)11-8-4-5-9-12-11;/h3*1-9H;. The Morgan fingerprint density at radius 3 is 0.730 bits per heavy atom. The fourth-order valence-electron chi connectivity index (χ4n) is 3.43. The van der Waals surface area contributed by atoms with E-state index >= 15 is 0 Å². The Balaban J connectivity index is 0.000000152. The van der Waals surface area contributed by atoms with E-state index in [1.165, 1.54) is 0 Å². The predicted molar refractivity (Wildman–Crippen MR) is 149 cm³/mol. The van der Waals surface area contributed by atoms with Crippen LogP contribution in [0.1, 0.15) is 0 Å². The van der Waals surface area contributed by atoms with Gasteiger partial charge in [0.25, 0.3) is 0 Å². The molecule has 0 unspecified atom stereocenters. The van der Waals surface area contributed by atoms with Crippen LogP contribution in [0, 0.1) is 0 Å². The number of nitrogens with zero attached hydrogens (tertiary/aromatic N) is 3. The van der Waals surface area contributed by atoms with E-state index < -0.39 is 0 Å². The molecular formula is C33H27N3Re. The van der Waals surface area contributed by atoms with Gasteiger partial charge in [0.05, 0.1) is 17.1 Å². The van der Waals surface area contributed by atoms with Crippen LogP contribution < -0.4 is 0 Å². The zero-order valence-corrected chi connectivity index (χ0v) is 23.0. The first-order chi connectivity index (χ1) is 17.9. The fourth-order valence-corrected chi connectivity index (χ4v) is 3.43. The second-order valence-corrected chi connectivity index (χ2v) is 7.74. The molecule has 0 bridgehead atoms. The van der Waals surface area contributed by atoms with Crippen molar-refractivity contribution in [1.29, 1.82) is 0 Å². The Morgan fingerprint density at radius 2 is 0.514 bits per heavy atom. The molecule has 3 nitrogen and oxygen atoms in total. The van der Waals surface area contributed by atoms with Gasteiger partial charge in [-0.05, 0) is 36.4 Å². The van der Waals surface area contributed by atoms with Gasteiger partial charge >= 0.3 is 0 Å². The largest absolute Gasteiger partial charge is 0.256 e. The molecule has 0 atom stereocenters. The smallest absolute Gasteiger partial charge is 0.0701 e. The summed E-state index contributed by atoms with van der Waals surface area (Å²) in [6, 6.07) is 48.3. The van der Waals surface area contributed by atoms with Crippen molar-refractivity contribution < 1.29 is 20.4 Å². The van der Waals surface area contributed by atoms with Crippen LogP contribution in [0.25, 0.3) is 33.8 Å². The zero-order chi connectivity index (χ0) is 24.7. The van der Waals surface area contributed by atoms with Crippen LogP contribution in [-0.4, -0.2) is 15.0 Å². The van der Waals surface area contributed by atoms with Crippen LogP contribution in [0.15, 0.2) is 164 Å². The second kappa shape index (κ2) is 15.7. The van der Waals surface area contributed by atoms with Crippen molar-refractivity contribution >= 4 is 0 Å². The van der Waals surface area contributed by atoms with E-state index in [-0.39, 0.29) is 20.4 Å². The van der Waals surface area contributed by atoms with Crippen molar-refractivity contribution in [2.75, 3.05) is 0 Å². The van der Waals surface area contributed by atoms with Gasteiger partial charge in [-0.1, -0.05) is 109 Å². The summed E-state index contributed by atoms with van der Waals surface area (Å²) in [5.41, 5.74) is 6.57. The minimum Gasteiger partial charge on any atom is -0.256 e. The average molecular weight is 652 g/mol. The number of benzene rings is 3. The Kier molecular flexibility index (Phi) is 11.6. The molecule has 0 saturated heterocycles. The predicted octanol–water partition coefficient (Wildman–Crippen LogP) is 8.24. The minimum atomic E-state index is 0. The van der Waals surface area contributed by atoms with Crippen LogP contribution in [0.2, 0.25) is 0 Å². The third-order valence-electron chi connectivity index (χ3n) is 5.20. The normalized spacial score (nSPS) is 9.41. The van der Waals surface area contributed by atoms with E-state index in [4.69, 9.17) is 0 Å². The van der Waals surface area contributed by atoms with Crippen molar-refractivity contribution in [3.05, 3.63) is 164 Å². The molecule has 181 valence electrons. The second-order valence-electron chi connectivity index (χ2n) is 7.74. The molecule has 3 heterocycles. The van der Waals surface area contributed by atoms with Crippen molar-refractivity contribution in [3.8, 4) is 33.8 Å². The van der Waals surface area contributed by atoms with Gasteiger partial charge in [0.2, 0.25) is 0 Å². The van der Waals surface area contributed by atoms with E-state index in [9.17, 15) is 0 Å². The van der Waals surface area contributed by atoms with Crippen molar-refractivity contribution in [1.82, 2.24) is 15.0 Å². The summed E-state index contributed by atoms with van der Waals surface area (Å²) < 4.78 is 0. The molecule has 0 N–H and O–H groups in total. The van der Waals surface area contributed by atoms with Gasteiger partial charge in [0, 0.05) is 55.7 Å². The number of rotatable bonds is 3. The van der Waals surface area contributed by atoms with E-state index in [0.29, 0.717) is 0 Å². The summed E-state index contributed by atoms with van der Waals surface area (Å²) in [6.07, 6.45) is 5.42. The molecule has 3 aromatic carbocycles. The monoisotopic (exact) mass is 652 g/mol. The van der Waals surface area contributed by atoms with Crippen molar-refractivity contribution in [3.63, 3.8) is 0 Å². The van der Waals surface area contributed by atoms with Crippen LogP contribution in [0.4, 0.5) is 0 Å². The molecule has 0 fully saturated rings. The molecule has 0 spiro atoms. The van der Waals surface area contributed by atoms with E-state index in [1.807, 2.05) is 128 Å². The molecule has 3 aromatic heterocycles. The number of hydrogen-bond donors (Lipinski definition) is 0. The van der Waals surface area contributed by atoms with E-state index in [2.05, 4.69) is 51.4 Å². The molecule has 0 aliphatic rings. The van der Waals surface area contributed by atoms with Crippen LogP contribution in [0.5, 0.6) is 0 Å². The fraction of sp³-hybridized carbons (Fsp3) is 0. The molecule has 4 heteroatoms. The van der Waals surface area contributed by atoms with Crippen LogP contribution in [0.3, 0.4) is 0 Å². The molecule has 0 saturated carbocycles. The molecule has 0 aliphatic heterocycles. The van der Waals surface area contributed by atoms with Crippen LogP contribution >= 0.6 is 0 Å². The number of hydrogen-bond acceptors (Lipinski definition) is 3. The minimum absolute atomic E-state index is 0. The van der Waals surface area contributed by atoms with Crippen molar-refractivity contribution in [2.45, 2.75) is 0 Å². The summed E-state index contributed by atoms with van der Waals surface area (Å²) in [4.78, 5) is 12.7. The van der Waals surface area contributed by atoms with Gasteiger partial charge < -0.3 is 0 Å². The number of aromatic nitrogens is 3.